The molecule has 0 saturated heterocycles. The molecule has 5 rings (SSSR count). The van der Waals surface area contributed by atoms with Crippen LogP contribution in [0.1, 0.15) is 51.3 Å². The summed E-state index contributed by atoms with van der Waals surface area (Å²) in [6, 6.07) is 33.1. The van der Waals surface area contributed by atoms with Crippen molar-refractivity contribution in [3.63, 3.8) is 0 Å². The lowest BCUT2D eigenvalue weighted by atomic mass is 9.69. The second kappa shape index (κ2) is 8.80. The standard InChI is InChI=1S/C32H34B2O2/c1-30(2,35)31(3,4)36-34-23-18-19-24(21-14-16-22(33)17-15-21)29(20-23)32(5)27-12-8-6-10-25(27)26-11-7-9-13-28(26)32/h6-20,34-35H,33H2,1-5H3. The molecule has 1 aliphatic carbocycles. The fourth-order valence-corrected chi connectivity index (χ4v) is 5.26. The largest absolute Gasteiger partial charge is 0.427 e. The first-order valence-electron chi connectivity index (χ1n) is 12.8. The Balaban J connectivity index is 1.70. The maximum absolute atomic E-state index is 10.6. The Morgan fingerprint density at radius 2 is 1.28 bits per heavy atom. The third kappa shape index (κ3) is 4.03. The number of hydrogen-bond acceptors (Lipinski definition) is 2. The second-order valence-electron chi connectivity index (χ2n) is 11.3. The Hall–Kier alpha value is -3.07. The fraction of sp³-hybridized carbons (Fsp3) is 0.250. The Labute approximate surface area is 217 Å². The molecule has 180 valence electrons. The van der Waals surface area contributed by atoms with E-state index in [1.807, 2.05) is 13.8 Å². The predicted octanol–water partition coefficient (Wildman–Crippen LogP) is 4.49. The quantitative estimate of drug-likeness (QED) is 0.420. The van der Waals surface area contributed by atoms with Crippen molar-refractivity contribution in [2.75, 3.05) is 0 Å². The minimum absolute atomic E-state index is 0.310. The highest BCUT2D eigenvalue weighted by atomic mass is 16.5. The zero-order valence-corrected chi connectivity index (χ0v) is 22.2. The van der Waals surface area contributed by atoms with Gasteiger partial charge in [-0.25, -0.2) is 0 Å². The van der Waals surface area contributed by atoms with E-state index in [1.165, 1.54) is 44.4 Å². The average Bonchev–Trinajstić information content (AvgIpc) is 3.12. The molecule has 0 spiro atoms. The Morgan fingerprint density at radius 1 is 0.722 bits per heavy atom. The summed E-state index contributed by atoms with van der Waals surface area (Å²) >= 11 is 0. The van der Waals surface area contributed by atoms with Crippen LogP contribution in [-0.2, 0) is 10.1 Å². The molecule has 0 atom stereocenters. The molecule has 0 unspecified atom stereocenters. The molecule has 1 aliphatic rings. The summed E-state index contributed by atoms with van der Waals surface area (Å²) in [6.45, 7) is 9.84. The number of fused-ring (bicyclic) bond motifs is 3. The van der Waals surface area contributed by atoms with Gasteiger partial charge in [-0.3, -0.25) is 0 Å². The van der Waals surface area contributed by atoms with Gasteiger partial charge in [0.15, 0.2) is 0 Å². The monoisotopic (exact) mass is 472 g/mol. The lowest BCUT2D eigenvalue weighted by Gasteiger charge is -2.38. The van der Waals surface area contributed by atoms with Gasteiger partial charge in [0, 0.05) is 5.41 Å². The Morgan fingerprint density at radius 3 is 1.83 bits per heavy atom. The van der Waals surface area contributed by atoms with Crippen molar-refractivity contribution in [3.8, 4) is 22.3 Å². The van der Waals surface area contributed by atoms with Gasteiger partial charge in [0.2, 0.25) is 0 Å². The van der Waals surface area contributed by atoms with Crippen LogP contribution in [0.3, 0.4) is 0 Å². The molecule has 0 radical (unpaired) electrons. The highest BCUT2D eigenvalue weighted by Crippen LogP contribution is 2.53. The summed E-state index contributed by atoms with van der Waals surface area (Å²) in [7, 11) is 2.55. The third-order valence-corrected chi connectivity index (χ3v) is 8.28. The minimum Gasteiger partial charge on any atom is -0.427 e. The van der Waals surface area contributed by atoms with Crippen LogP contribution in [0.2, 0.25) is 0 Å². The van der Waals surface area contributed by atoms with Crippen molar-refractivity contribution < 1.29 is 9.76 Å². The summed E-state index contributed by atoms with van der Waals surface area (Å²) in [5, 5.41) is 10.6. The molecule has 1 N–H and O–H groups in total. The zero-order valence-electron chi connectivity index (χ0n) is 22.2. The fourth-order valence-electron chi connectivity index (χ4n) is 5.26. The van der Waals surface area contributed by atoms with Crippen LogP contribution in [0, 0.1) is 0 Å². The van der Waals surface area contributed by atoms with E-state index < -0.39 is 11.2 Å². The first kappa shape index (κ1) is 24.6. The van der Waals surface area contributed by atoms with Crippen LogP contribution < -0.4 is 10.9 Å². The number of rotatable bonds is 6. The molecule has 0 heterocycles. The van der Waals surface area contributed by atoms with E-state index >= 15 is 0 Å². The van der Waals surface area contributed by atoms with Gasteiger partial charge in [-0.1, -0.05) is 102 Å². The van der Waals surface area contributed by atoms with Crippen LogP contribution in [0.25, 0.3) is 22.3 Å². The molecule has 0 fully saturated rings. The van der Waals surface area contributed by atoms with Crippen molar-refractivity contribution in [1.82, 2.24) is 0 Å². The summed E-state index contributed by atoms with van der Waals surface area (Å²) in [6.07, 6.45) is 0. The molecule has 0 saturated carbocycles. The first-order chi connectivity index (χ1) is 17.0. The van der Waals surface area contributed by atoms with Crippen molar-refractivity contribution in [3.05, 3.63) is 108 Å². The van der Waals surface area contributed by atoms with Gasteiger partial charge >= 0.3 is 7.48 Å². The van der Waals surface area contributed by atoms with Crippen molar-refractivity contribution in [1.29, 1.82) is 0 Å². The SMILES string of the molecule is Bc1ccc(-c2ccc(BOC(C)(C)C(C)(C)O)cc2C2(C)c3ccccc3-c3ccccc32)cc1. The van der Waals surface area contributed by atoms with Gasteiger partial charge in [-0.2, -0.15) is 0 Å². The summed E-state index contributed by atoms with van der Waals surface area (Å²) in [5.41, 5.74) is 9.38. The van der Waals surface area contributed by atoms with Gasteiger partial charge in [0.1, 0.15) is 7.85 Å². The summed E-state index contributed by atoms with van der Waals surface area (Å²) < 4.78 is 6.28. The molecule has 4 aromatic rings. The third-order valence-electron chi connectivity index (χ3n) is 8.28. The maximum Gasteiger partial charge on any atom is 0.309 e. The maximum atomic E-state index is 10.6. The van der Waals surface area contributed by atoms with Gasteiger partial charge in [0.05, 0.1) is 11.2 Å². The van der Waals surface area contributed by atoms with Gasteiger partial charge in [-0.05, 0) is 73.6 Å². The van der Waals surface area contributed by atoms with Gasteiger partial charge in [0.25, 0.3) is 0 Å². The average molecular weight is 472 g/mol. The van der Waals surface area contributed by atoms with Gasteiger partial charge in [-0.15, -0.1) is 0 Å². The minimum atomic E-state index is -0.951. The molecule has 0 aromatic heterocycles. The Bertz CT molecular complexity index is 1370. The second-order valence-corrected chi connectivity index (χ2v) is 11.3. The number of benzene rings is 4. The molecule has 36 heavy (non-hydrogen) atoms. The van der Waals surface area contributed by atoms with E-state index in [2.05, 4.69) is 106 Å². The van der Waals surface area contributed by atoms with E-state index in [4.69, 9.17) is 4.65 Å². The van der Waals surface area contributed by atoms with Crippen LogP contribution in [0.15, 0.2) is 91.0 Å². The number of aliphatic hydroxyl groups is 1. The van der Waals surface area contributed by atoms with Crippen LogP contribution in [-0.4, -0.2) is 31.6 Å². The molecule has 0 bridgehead atoms. The number of hydrogen-bond donors (Lipinski definition) is 1. The molecule has 2 nitrogen and oxygen atoms in total. The van der Waals surface area contributed by atoms with E-state index in [0.717, 1.165) is 5.46 Å². The molecule has 4 aromatic carbocycles. The Kier molecular flexibility index (Phi) is 6.01. The molecular weight excluding hydrogens is 438 g/mol. The van der Waals surface area contributed by atoms with Crippen molar-refractivity contribution >= 4 is 26.3 Å². The first-order valence-corrected chi connectivity index (χ1v) is 12.8. The topological polar surface area (TPSA) is 29.5 Å². The van der Waals surface area contributed by atoms with Gasteiger partial charge < -0.3 is 9.76 Å². The van der Waals surface area contributed by atoms with Crippen molar-refractivity contribution in [2.45, 2.75) is 51.2 Å². The highest BCUT2D eigenvalue weighted by Gasteiger charge is 2.42. The highest BCUT2D eigenvalue weighted by molar-refractivity contribution is 6.47. The van der Waals surface area contributed by atoms with E-state index in [9.17, 15) is 5.11 Å². The summed E-state index contributed by atoms with van der Waals surface area (Å²) in [4.78, 5) is 0. The summed E-state index contributed by atoms with van der Waals surface area (Å²) in [5.74, 6) is 0. The normalized spacial score (nSPS) is 14.3. The van der Waals surface area contributed by atoms with Crippen LogP contribution in [0.4, 0.5) is 0 Å². The van der Waals surface area contributed by atoms with Crippen molar-refractivity contribution in [2.24, 2.45) is 0 Å². The smallest absolute Gasteiger partial charge is 0.309 e. The molecule has 4 heteroatoms. The van der Waals surface area contributed by atoms with E-state index in [1.54, 1.807) is 13.8 Å². The predicted molar refractivity (Wildman–Crippen MR) is 156 cm³/mol. The lowest BCUT2D eigenvalue weighted by molar-refractivity contribution is -0.0893. The lowest BCUT2D eigenvalue weighted by Crippen LogP contribution is -2.49. The molecular formula is C32H34B2O2. The van der Waals surface area contributed by atoms with Crippen LogP contribution in [0.5, 0.6) is 0 Å². The van der Waals surface area contributed by atoms with E-state index in [-0.39, 0.29) is 5.41 Å². The zero-order chi connectivity index (χ0) is 25.7. The van der Waals surface area contributed by atoms with E-state index in [0.29, 0.717) is 7.48 Å². The van der Waals surface area contributed by atoms with Crippen LogP contribution >= 0.6 is 0 Å². The molecule has 0 aliphatic heterocycles. The molecule has 0 amide bonds.